The number of hydrogen-bond donors (Lipinski definition) is 0. The average molecular weight is 454 g/mol. The maximum atomic E-state index is 13.1. The minimum absolute atomic E-state index is 0.256. The van der Waals surface area contributed by atoms with Crippen LogP contribution in [-0.2, 0) is 10.1 Å². The normalized spacial score (nSPS) is 11.8. The molecule has 0 unspecified atom stereocenters. The maximum absolute atomic E-state index is 13.1. The number of hydrogen-bond acceptors (Lipinski definition) is 3. The Hall–Kier alpha value is -3.58. The zero-order valence-electron chi connectivity index (χ0n) is 16.6. The number of halogens is 3. The fraction of sp³-hybridized carbons (Fsp3) is 0.0400. The van der Waals surface area contributed by atoms with Crippen molar-refractivity contribution in [2.24, 2.45) is 0 Å². The van der Waals surface area contributed by atoms with Crippen molar-refractivity contribution in [3.05, 3.63) is 103 Å². The summed E-state index contributed by atoms with van der Waals surface area (Å²) >= 11 is 0. The van der Waals surface area contributed by atoms with E-state index in [0.29, 0.717) is 16.7 Å². The molecule has 0 bridgehead atoms. The molecule has 0 atom stereocenters. The molecule has 0 saturated carbocycles. The van der Waals surface area contributed by atoms with Crippen molar-refractivity contribution in [1.29, 1.82) is 0 Å². The average Bonchev–Trinajstić information content (AvgIpc) is 2.79. The molecule has 0 aliphatic rings. The highest BCUT2D eigenvalue weighted by Crippen LogP contribution is 2.44. The summed E-state index contributed by atoms with van der Waals surface area (Å²) in [5.41, 5.74) is -1.94. The summed E-state index contributed by atoms with van der Waals surface area (Å²) in [6.07, 6.45) is 0. The van der Waals surface area contributed by atoms with Gasteiger partial charge in [-0.1, -0.05) is 97.1 Å². The summed E-state index contributed by atoms with van der Waals surface area (Å²) in [6, 6.07) is 29.8. The highest BCUT2D eigenvalue weighted by molar-refractivity contribution is 7.88. The molecule has 3 nitrogen and oxygen atoms in total. The van der Waals surface area contributed by atoms with Crippen molar-refractivity contribution >= 4 is 10.1 Å². The van der Waals surface area contributed by atoms with E-state index in [1.165, 1.54) is 12.1 Å². The van der Waals surface area contributed by atoms with Gasteiger partial charge in [0.1, 0.15) is 0 Å². The maximum Gasteiger partial charge on any atom is 0.534 e. The van der Waals surface area contributed by atoms with Gasteiger partial charge in [-0.15, -0.1) is 0 Å². The first-order valence-corrected chi connectivity index (χ1v) is 11.0. The lowest BCUT2D eigenvalue weighted by molar-refractivity contribution is -0.0499. The Morgan fingerprint density at radius 3 is 1.59 bits per heavy atom. The predicted octanol–water partition coefficient (Wildman–Crippen LogP) is 6.92. The molecule has 32 heavy (non-hydrogen) atoms. The zero-order chi connectivity index (χ0) is 22.8. The molecule has 0 radical (unpaired) electrons. The summed E-state index contributed by atoms with van der Waals surface area (Å²) < 4.78 is 67.7. The highest BCUT2D eigenvalue weighted by atomic mass is 32.2. The molecule has 4 aromatic carbocycles. The van der Waals surface area contributed by atoms with Crippen molar-refractivity contribution in [1.82, 2.24) is 0 Å². The molecule has 0 spiro atoms. The Morgan fingerprint density at radius 1 is 0.562 bits per heavy atom. The molecule has 4 rings (SSSR count). The summed E-state index contributed by atoms with van der Waals surface area (Å²) in [7, 11) is -5.86. The van der Waals surface area contributed by atoms with Crippen LogP contribution < -0.4 is 4.18 Å². The van der Waals surface area contributed by atoms with Gasteiger partial charge in [0.25, 0.3) is 0 Å². The van der Waals surface area contributed by atoms with Crippen molar-refractivity contribution in [3.8, 4) is 39.1 Å². The van der Waals surface area contributed by atoms with Crippen molar-refractivity contribution in [3.63, 3.8) is 0 Å². The van der Waals surface area contributed by atoms with Crippen LogP contribution in [-0.4, -0.2) is 13.9 Å². The monoisotopic (exact) mass is 454 g/mol. The van der Waals surface area contributed by atoms with Crippen molar-refractivity contribution in [2.75, 3.05) is 0 Å². The van der Waals surface area contributed by atoms with Crippen LogP contribution >= 0.6 is 0 Å². The Balaban J connectivity index is 2.01. The third-order valence-corrected chi connectivity index (χ3v) is 5.84. The first kappa shape index (κ1) is 21.6. The lowest BCUT2D eigenvalue weighted by atomic mass is 9.89. The molecule has 0 aromatic heterocycles. The Bertz CT molecular complexity index is 1330. The molecule has 7 heteroatoms. The lowest BCUT2D eigenvalue weighted by Crippen LogP contribution is -2.28. The molecule has 0 saturated heterocycles. The van der Waals surface area contributed by atoms with Gasteiger partial charge in [0.05, 0.1) is 0 Å². The first-order chi connectivity index (χ1) is 15.3. The third kappa shape index (κ3) is 4.24. The molecule has 162 valence electrons. The SMILES string of the molecule is O=S(=O)(Oc1cccc(-c2ccccc2)c1-c1ccccc1-c1ccccc1)C(F)(F)F. The molecule has 0 aliphatic heterocycles. The van der Waals surface area contributed by atoms with Gasteiger partial charge in [-0.3, -0.25) is 0 Å². The fourth-order valence-corrected chi connectivity index (χ4v) is 3.94. The van der Waals surface area contributed by atoms with Crippen LogP contribution in [0.15, 0.2) is 103 Å². The largest absolute Gasteiger partial charge is 0.534 e. The van der Waals surface area contributed by atoms with Crippen molar-refractivity contribution in [2.45, 2.75) is 5.51 Å². The van der Waals surface area contributed by atoms with E-state index < -0.39 is 21.4 Å². The van der Waals surface area contributed by atoms with E-state index in [4.69, 9.17) is 0 Å². The molecule has 0 aliphatic carbocycles. The van der Waals surface area contributed by atoms with Gasteiger partial charge in [0, 0.05) is 5.56 Å². The Kier molecular flexibility index (Phi) is 5.76. The van der Waals surface area contributed by atoms with Gasteiger partial charge in [-0.25, -0.2) is 0 Å². The predicted molar refractivity (Wildman–Crippen MR) is 118 cm³/mol. The molecule has 0 fully saturated rings. The second kappa shape index (κ2) is 8.51. The van der Waals surface area contributed by atoms with Gasteiger partial charge >= 0.3 is 15.6 Å². The number of rotatable bonds is 5. The molecule has 4 aromatic rings. The smallest absolute Gasteiger partial charge is 0.375 e. The lowest BCUT2D eigenvalue weighted by Gasteiger charge is -2.19. The summed E-state index contributed by atoms with van der Waals surface area (Å²) in [6.45, 7) is 0. The van der Waals surface area contributed by atoms with E-state index in [9.17, 15) is 21.6 Å². The third-order valence-electron chi connectivity index (χ3n) is 4.88. The molecule has 0 N–H and O–H groups in total. The standard InChI is InChI=1S/C25H17F3O3S/c26-25(27,28)32(29,30)31-23-17-9-16-21(19-12-5-2-6-13-19)24(23)22-15-8-7-14-20(22)18-10-3-1-4-11-18/h1-17H. The van der Waals surface area contributed by atoms with Crippen LogP contribution in [0.4, 0.5) is 13.2 Å². The molecule has 0 amide bonds. The molecule has 0 heterocycles. The first-order valence-electron chi connectivity index (χ1n) is 9.62. The second-order valence-corrected chi connectivity index (χ2v) is 8.48. The van der Waals surface area contributed by atoms with Crippen LogP contribution in [0.3, 0.4) is 0 Å². The summed E-state index contributed by atoms with van der Waals surface area (Å²) in [4.78, 5) is 0. The van der Waals surface area contributed by atoms with Crippen LogP contribution in [0.5, 0.6) is 5.75 Å². The topological polar surface area (TPSA) is 43.4 Å². The van der Waals surface area contributed by atoms with Crippen LogP contribution in [0.25, 0.3) is 33.4 Å². The minimum atomic E-state index is -5.86. The van der Waals surface area contributed by atoms with Crippen LogP contribution in [0.1, 0.15) is 0 Å². The fourth-order valence-electron chi connectivity index (χ4n) is 3.47. The van der Waals surface area contributed by atoms with E-state index in [1.807, 2.05) is 48.5 Å². The Labute approximate surface area is 183 Å². The van der Waals surface area contributed by atoms with Gasteiger partial charge in [0.15, 0.2) is 5.75 Å². The second-order valence-electron chi connectivity index (χ2n) is 6.94. The summed E-state index contributed by atoms with van der Waals surface area (Å²) in [5, 5.41) is 0. The van der Waals surface area contributed by atoms with Gasteiger partial charge < -0.3 is 4.18 Å². The van der Waals surface area contributed by atoms with Crippen LogP contribution in [0, 0.1) is 0 Å². The van der Waals surface area contributed by atoms with Crippen LogP contribution in [0.2, 0.25) is 0 Å². The van der Waals surface area contributed by atoms with E-state index in [0.717, 1.165) is 11.1 Å². The highest BCUT2D eigenvalue weighted by Gasteiger charge is 2.49. The van der Waals surface area contributed by atoms with Gasteiger partial charge in [-0.05, 0) is 33.9 Å². The van der Waals surface area contributed by atoms with E-state index >= 15 is 0 Å². The van der Waals surface area contributed by atoms with Crippen molar-refractivity contribution < 1.29 is 25.8 Å². The zero-order valence-corrected chi connectivity index (χ0v) is 17.4. The van der Waals surface area contributed by atoms with E-state index in [2.05, 4.69) is 4.18 Å². The van der Waals surface area contributed by atoms with Gasteiger partial charge in [-0.2, -0.15) is 21.6 Å². The Morgan fingerprint density at radius 2 is 1.03 bits per heavy atom. The number of alkyl halides is 3. The minimum Gasteiger partial charge on any atom is -0.375 e. The van der Waals surface area contributed by atoms with E-state index in [-0.39, 0.29) is 5.56 Å². The molecular formula is C25H17F3O3S. The van der Waals surface area contributed by atoms with Gasteiger partial charge in [0.2, 0.25) is 0 Å². The quantitative estimate of drug-likeness (QED) is 0.243. The molecular weight excluding hydrogens is 437 g/mol. The van der Waals surface area contributed by atoms with E-state index in [1.54, 1.807) is 42.5 Å². The summed E-state index contributed by atoms with van der Waals surface area (Å²) in [5.74, 6) is -0.396. The number of benzene rings is 4.